The molecular weight excluding hydrogens is 197 g/mol. The van der Waals surface area contributed by atoms with E-state index >= 15 is 0 Å². The van der Waals surface area contributed by atoms with Gasteiger partial charge < -0.3 is 10.4 Å². The van der Waals surface area contributed by atoms with Crippen LogP contribution in [0.25, 0.3) is 0 Å². The molecule has 0 spiro atoms. The number of nitrogen functional groups attached to an aromatic ring is 1. The van der Waals surface area contributed by atoms with E-state index < -0.39 is 0 Å². The summed E-state index contributed by atoms with van der Waals surface area (Å²) in [6, 6.07) is 8.02. The predicted octanol–water partition coefficient (Wildman–Crippen LogP) is 2.30. The van der Waals surface area contributed by atoms with Crippen LogP contribution in [0, 0.1) is 5.41 Å². The summed E-state index contributed by atoms with van der Waals surface area (Å²) in [5.74, 6) is 0. The molecule has 1 fully saturated rings. The van der Waals surface area contributed by atoms with Crippen molar-refractivity contribution in [3.05, 3.63) is 24.3 Å². The number of nitrogens with two attached hydrogens (primary N) is 1. The Hall–Kier alpha value is -0.955. The average molecular weight is 217 g/mol. The number of hydrogen-bond acceptors (Lipinski definition) is 2. The monoisotopic (exact) mass is 217 g/mol. The third-order valence-corrected chi connectivity index (χ3v) is 4.04. The fourth-order valence-corrected chi connectivity index (χ4v) is 2.21. The summed E-state index contributed by atoms with van der Waals surface area (Å²) in [6.45, 7) is 9.03. The second-order valence-corrected chi connectivity index (χ2v) is 5.87. The highest BCUT2D eigenvalue weighted by atomic mass is 16.5. The van der Waals surface area contributed by atoms with Crippen LogP contribution >= 0.6 is 0 Å². The van der Waals surface area contributed by atoms with Gasteiger partial charge in [0.2, 0.25) is 0 Å². The van der Waals surface area contributed by atoms with E-state index in [1.807, 2.05) is 18.2 Å². The molecule has 3 heteroatoms. The van der Waals surface area contributed by atoms with E-state index in [2.05, 4.69) is 33.8 Å². The van der Waals surface area contributed by atoms with Gasteiger partial charge in [0.15, 0.2) is 0 Å². The van der Waals surface area contributed by atoms with Gasteiger partial charge in [0.1, 0.15) is 0 Å². The molecule has 2 nitrogen and oxygen atoms in total. The lowest BCUT2D eigenvalue weighted by atomic mass is 9.54. The van der Waals surface area contributed by atoms with Crippen LogP contribution in [0.5, 0.6) is 0 Å². The summed E-state index contributed by atoms with van der Waals surface area (Å²) < 4.78 is 6.15. The molecule has 1 heterocycles. The first-order chi connectivity index (χ1) is 7.32. The zero-order valence-corrected chi connectivity index (χ0v) is 10.6. The van der Waals surface area contributed by atoms with Gasteiger partial charge in [-0.1, -0.05) is 26.0 Å². The second-order valence-electron chi connectivity index (χ2n) is 5.87. The van der Waals surface area contributed by atoms with Gasteiger partial charge in [0.05, 0.1) is 5.60 Å². The molecular formula is C13H20BNO. The molecule has 1 saturated heterocycles. The summed E-state index contributed by atoms with van der Waals surface area (Å²) in [7, 11) is 0. The first kappa shape index (κ1) is 11.5. The number of hydrogen-bond donors (Lipinski definition) is 1. The quantitative estimate of drug-likeness (QED) is 0.578. The lowest BCUT2D eigenvalue weighted by molar-refractivity contribution is 0.0375. The van der Waals surface area contributed by atoms with Crippen molar-refractivity contribution in [2.45, 2.75) is 39.6 Å². The lowest BCUT2D eigenvalue weighted by Crippen LogP contribution is -2.36. The molecule has 1 aliphatic rings. The van der Waals surface area contributed by atoms with E-state index in [-0.39, 0.29) is 17.9 Å². The summed E-state index contributed by atoms with van der Waals surface area (Å²) in [6.07, 6.45) is 1.05. The molecule has 1 aliphatic heterocycles. The smallest absolute Gasteiger partial charge is 0.328 e. The Kier molecular flexibility index (Phi) is 2.54. The van der Waals surface area contributed by atoms with E-state index in [1.54, 1.807) is 0 Å². The molecule has 1 aromatic rings. The molecule has 0 unspecified atom stereocenters. The minimum absolute atomic E-state index is 0.0811. The molecule has 0 atom stereocenters. The lowest BCUT2D eigenvalue weighted by Gasteiger charge is -2.34. The molecule has 0 aromatic heterocycles. The summed E-state index contributed by atoms with van der Waals surface area (Å²) >= 11 is 0. The Morgan fingerprint density at radius 1 is 1.25 bits per heavy atom. The van der Waals surface area contributed by atoms with Gasteiger partial charge in [-0.15, -0.1) is 0 Å². The third kappa shape index (κ3) is 1.84. The van der Waals surface area contributed by atoms with Gasteiger partial charge in [0, 0.05) is 5.69 Å². The van der Waals surface area contributed by atoms with Crippen molar-refractivity contribution >= 4 is 18.1 Å². The highest BCUT2D eigenvalue weighted by molar-refractivity contribution is 6.68. The molecule has 0 bridgehead atoms. The zero-order valence-electron chi connectivity index (χ0n) is 10.6. The van der Waals surface area contributed by atoms with E-state index in [1.165, 1.54) is 5.46 Å². The van der Waals surface area contributed by atoms with E-state index in [0.717, 1.165) is 12.0 Å². The van der Waals surface area contributed by atoms with Gasteiger partial charge in [-0.05, 0) is 43.2 Å². The maximum absolute atomic E-state index is 6.15. The first-order valence-electron chi connectivity index (χ1n) is 5.85. The fraction of sp³-hybridized carbons (Fsp3) is 0.538. The Labute approximate surface area is 98.3 Å². The average Bonchev–Trinajstić information content (AvgIpc) is 2.36. The van der Waals surface area contributed by atoms with Crippen molar-refractivity contribution in [2.75, 3.05) is 5.73 Å². The van der Waals surface area contributed by atoms with Crippen LogP contribution in [0.15, 0.2) is 24.3 Å². The van der Waals surface area contributed by atoms with Crippen molar-refractivity contribution < 1.29 is 4.65 Å². The Morgan fingerprint density at radius 2 is 1.94 bits per heavy atom. The Balaban J connectivity index is 2.27. The summed E-state index contributed by atoms with van der Waals surface area (Å²) in [5.41, 5.74) is 7.92. The van der Waals surface area contributed by atoms with Crippen LogP contribution in [0.1, 0.15) is 27.7 Å². The van der Waals surface area contributed by atoms with Gasteiger partial charge in [-0.25, -0.2) is 0 Å². The maximum Gasteiger partial charge on any atom is 0.328 e. The van der Waals surface area contributed by atoms with Gasteiger partial charge in [-0.2, -0.15) is 0 Å². The van der Waals surface area contributed by atoms with Crippen LogP contribution in [-0.2, 0) is 4.65 Å². The van der Waals surface area contributed by atoms with Crippen molar-refractivity contribution in [3.63, 3.8) is 0 Å². The molecule has 0 amide bonds. The van der Waals surface area contributed by atoms with Gasteiger partial charge in [-0.3, -0.25) is 0 Å². The molecule has 86 valence electrons. The van der Waals surface area contributed by atoms with Gasteiger partial charge in [0.25, 0.3) is 0 Å². The van der Waals surface area contributed by atoms with Crippen LogP contribution < -0.4 is 11.2 Å². The van der Waals surface area contributed by atoms with E-state index in [9.17, 15) is 0 Å². The molecule has 1 aromatic carbocycles. The van der Waals surface area contributed by atoms with Crippen molar-refractivity contribution in [1.82, 2.24) is 0 Å². The van der Waals surface area contributed by atoms with E-state index in [4.69, 9.17) is 10.4 Å². The zero-order chi connectivity index (χ0) is 12.0. The van der Waals surface area contributed by atoms with E-state index in [0.29, 0.717) is 0 Å². The number of benzene rings is 1. The first-order valence-corrected chi connectivity index (χ1v) is 5.85. The largest absolute Gasteiger partial charge is 0.426 e. The van der Waals surface area contributed by atoms with Crippen LogP contribution in [0.4, 0.5) is 5.69 Å². The van der Waals surface area contributed by atoms with Crippen LogP contribution in [-0.4, -0.2) is 12.5 Å². The standard InChI is InChI=1S/C13H20BNO/c1-12(2)9-14(16-13(12,3)4)10-6-5-7-11(15)8-10/h5-8H,9,15H2,1-4H3. The topological polar surface area (TPSA) is 35.2 Å². The molecule has 0 aliphatic carbocycles. The minimum atomic E-state index is -0.0811. The summed E-state index contributed by atoms with van der Waals surface area (Å²) in [4.78, 5) is 0. The highest BCUT2D eigenvalue weighted by Gasteiger charge is 2.49. The highest BCUT2D eigenvalue weighted by Crippen LogP contribution is 2.45. The van der Waals surface area contributed by atoms with Crippen molar-refractivity contribution in [2.24, 2.45) is 5.41 Å². The number of rotatable bonds is 1. The fourth-order valence-electron chi connectivity index (χ4n) is 2.21. The predicted molar refractivity (Wildman–Crippen MR) is 70.0 cm³/mol. The molecule has 0 saturated carbocycles. The molecule has 2 rings (SSSR count). The maximum atomic E-state index is 6.15. The molecule has 2 N–H and O–H groups in total. The summed E-state index contributed by atoms with van der Waals surface area (Å²) in [5, 5.41) is 0. The molecule has 0 radical (unpaired) electrons. The Bertz CT molecular complexity index is 385. The SMILES string of the molecule is CC1(C)CB(c2cccc(N)c2)OC1(C)C. The number of anilines is 1. The van der Waals surface area contributed by atoms with Crippen molar-refractivity contribution in [1.29, 1.82) is 0 Å². The van der Waals surface area contributed by atoms with Crippen LogP contribution in [0.2, 0.25) is 6.32 Å². The minimum Gasteiger partial charge on any atom is -0.426 e. The van der Waals surface area contributed by atoms with Crippen molar-refractivity contribution in [3.8, 4) is 0 Å². The van der Waals surface area contributed by atoms with Gasteiger partial charge >= 0.3 is 6.92 Å². The normalized spacial score (nSPS) is 22.4. The Morgan fingerprint density at radius 3 is 2.44 bits per heavy atom. The van der Waals surface area contributed by atoms with Crippen LogP contribution in [0.3, 0.4) is 0 Å². The molecule has 16 heavy (non-hydrogen) atoms. The third-order valence-electron chi connectivity index (χ3n) is 4.04. The second kappa shape index (κ2) is 3.52.